The summed E-state index contributed by atoms with van der Waals surface area (Å²) in [5, 5.41) is 12.6. The molecule has 26 heavy (non-hydrogen) atoms. The number of hydrogen-bond acceptors (Lipinski definition) is 7. The van der Waals surface area contributed by atoms with Crippen molar-refractivity contribution in [2.45, 2.75) is 9.50 Å². The Morgan fingerprint density at radius 2 is 1.69 bits per heavy atom. The second kappa shape index (κ2) is 7.87. The number of para-hydroxylation sites is 1. The molecule has 0 spiro atoms. The smallest absolute Gasteiger partial charge is 0.221 e. The van der Waals surface area contributed by atoms with Gasteiger partial charge in [0.15, 0.2) is 4.34 Å². The Labute approximate surface area is 173 Å². The Morgan fingerprint density at radius 1 is 0.962 bits per heavy atom. The predicted octanol–water partition coefficient (Wildman–Crippen LogP) is 5.59. The first-order chi connectivity index (χ1) is 12.7. The molecule has 0 saturated carbocycles. The Bertz CT molecular complexity index is 1000. The maximum atomic E-state index is 5.81. The summed E-state index contributed by atoms with van der Waals surface area (Å²) in [4.78, 5) is 4.40. The molecule has 0 radical (unpaired) electrons. The molecule has 2 aromatic carbocycles. The van der Waals surface area contributed by atoms with Crippen molar-refractivity contribution in [3.8, 4) is 17.2 Å². The van der Waals surface area contributed by atoms with Gasteiger partial charge in [-0.25, -0.2) is 4.98 Å². The number of ether oxygens (including phenoxy) is 1. The molecule has 2 aromatic heterocycles. The number of tetrazole rings is 1. The van der Waals surface area contributed by atoms with E-state index in [0.717, 1.165) is 29.9 Å². The molecular formula is C16H9Br2N5OS2. The van der Waals surface area contributed by atoms with Crippen LogP contribution in [0.15, 0.2) is 72.5 Å². The van der Waals surface area contributed by atoms with E-state index in [9.17, 15) is 0 Å². The molecular weight excluding hydrogens is 502 g/mol. The van der Waals surface area contributed by atoms with E-state index in [0.29, 0.717) is 5.16 Å². The monoisotopic (exact) mass is 509 g/mol. The first-order valence-electron chi connectivity index (χ1n) is 7.30. The van der Waals surface area contributed by atoms with E-state index in [1.165, 1.54) is 23.1 Å². The summed E-state index contributed by atoms with van der Waals surface area (Å²) >= 11 is 9.74. The minimum Gasteiger partial charge on any atom is -0.457 e. The van der Waals surface area contributed by atoms with Crippen molar-refractivity contribution in [2.75, 3.05) is 0 Å². The van der Waals surface area contributed by atoms with Gasteiger partial charge in [-0.1, -0.05) is 29.5 Å². The largest absolute Gasteiger partial charge is 0.457 e. The van der Waals surface area contributed by atoms with Gasteiger partial charge in [-0.3, -0.25) is 0 Å². The Kier molecular flexibility index (Phi) is 5.34. The zero-order valence-corrected chi connectivity index (χ0v) is 17.7. The van der Waals surface area contributed by atoms with Gasteiger partial charge in [0.25, 0.3) is 0 Å². The molecule has 0 unspecified atom stereocenters. The van der Waals surface area contributed by atoms with Crippen molar-refractivity contribution >= 4 is 55.0 Å². The number of aromatic nitrogens is 5. The molecule has 0 saturated heterocycles. The van der Waals surface area contributed by atoms with E-state index in [-0.39, 0.29) is 0 Å². The number of rotatable bonds is 5. The second-order valence-corrected chi connectivity index (χ2v) is 9.21. The van der Waals surface area contributed by atoms with Crippen LogP contribution in [0.4, 0.5) is 0 Å². The Balaban J connectivity index is 1.54. The fraction of sp³-hybridized carbons (Fsp3) is 0. The minimum absolute atomic E-state index is 0.635. The second-order valence-electron chi connectivity index (χ2n) is 4.93. The van der Waals surface area contributed by atoms with Gasteiger partial charge in [0, 0.05) is 0 Å². The lowest BCUT2D eigenvalue weighted by Gasteiger charge is -2.07. The van der Waals surface area contributed by atoms with E-state index in [2.05, 4.69) is 52.4 Å². The molecule has 2 heterocycles. The van der Waals surface area contributed by atoms with Crippen molar-refractivity contribution in [3.63, 3.8) is 0 Å². The summed E-state index contributed by atoms with van der Waals surface area (Å²) in [6.45, 7) is 0. The molecule has 0 atom stereocenters. The predicted molar refractivity (Wildman–Crippen MR) is 107 cm³/mol. The first kappa shape index (κ1) is 17.7. The maximum absolute atomic E-state index is 5.81. The van der Waals surface area contributed by atoms with E-state index in [1.54, 1.807) is 4.68 Å². The van der Waals surface area contributed by atoms with Gasteiger partial charge in [-0.05, 0) is 90.4 Å². The highest BCUT2D eigenvalue weighted by molar-refractivity contribution is 9.13. The molecule has 0 bridgehead atoms. The summed E-state index contributed by atoms with van der Waals surface area (Å²) in [7, 11) is 0. The highest BCUT2D eigenvalue weighted by atomic mass is 79.9. The van der Waals surface area contributed by atoms with Crippen molar-refractivity contribution < 1.29 is 4.74 Å². The third kappa shape index (κ3) is 3.98. The number of halogens is 2. The molecule has 130 valence electrons. The van der Waals surface area contributed by atoms with Crippen molar-refractivity contribution in [3.05, 3.63) is 63.0 Å². The molecule has 4 rings (SSSR count). The molecule has 0 aliphatic heterocycles. The number of hydrogen-bond donors (Lipinski definition) is 0. The van der Waals surface area contributed by atoms with E-state index in [1.807, 2.05) is 54.6 Å². The molecule has 0 fully saturated rings. The summed E-state index contributed by atoms with van der Waals surface area (Å²) in [5.41, 5.74) is 0.840. The van der Waals surface area contributed by atoms with Crippen LogP contribution in [0.1, 0.15) is 0 Å². The van der Waals surface area contributed by atoms with Crippen molar-refractivity contribution in [2.24, 2.45) is 0 Å². The van der Waals surface area contributed by atoms with E-state index < -0.39 is 0 Å². The molecule has 0 amide bonds. The van der Waals surface area contributed by atoms with Crippen LogP contribution in [-0.2, 0) is 0 Å². The van der Waals surface area contributed by atoms with Crippen LogP contribution < -0.4 is 4.74 Å². The van der Waals surface area contributed by atoms with Crippen LogP contribution in [0, 0.1) is 0 Å². The zero-order valence-electron chi connectivity index (χ0n) is 12.9. The lowest BCUT2D eigenvalue weighted by molar-refractivity contribution is 0.482. The number of thiazole rings is 1. The highest BCUT2D eigenvalue weighted by Gasteiger charge is 2.14. The molecule has 0 aliphatic rings. The molecule has 0 aliphatic carbocycles. The van der Waals surface area contributed by atoms with Crippen LogP contribution in [0.25, 0.3) is 5.69 Å². The summed E-state index contributed by atoms with van der Waals surface area (Å²) in [5.74, 6) is 1.54. The maximum Gasteiger partial charge on any atom is 0.221 e. The van der Waals surface area contributed by atoms with Crippen LogP contribution in [0.2, 0.25) is 0 Å². The van der Waals surface area contributed by atoms with Crippen LogP contribution in [0.3, 0.4) is 0 Å². The Morgan fingerprint density at radius 3 is 2.38 bits per heavy atom. The van der Waals surface area contributed by atoms with Crippen LogP contribution in [-0.4, -0.2) is 25.2 Å². The van der Waals surface area contributed by atoms with Crippen molar-refractivity contribution in [1.29, 1.82) is 0 Å². The number of benzene rings is 2. The lowest BCUT2D eigenvalue weighted by atomic mass is 10.3. The molecule has 0 N–H and O–H groups in total. The molecule has 4 aromatic rings. The lowest BCUT2D eigenvalue weighted by Crippen LogP contribution is -1.98. The van der Waals surface area contributed by atoms with Crippen molar-refractivity contribution in [1.82, 2.24) is 25.2 Å². The van der Waals surface area contributed by atoms with Gasteiger partial charge < -0.3 is 4.74 Å². The topological polar surface area (TPSA) is 65.7 Å². The fourth-order valence-electron chi connectivity index (χ4n) is 2.07. The zero-order chi connectivity index (χ0) is 17.9. The average molecular weight is 511 g/mol. The third-order valence-corrected chi connectivity index (χ3v) is 7.28. The summed E-state index contributed by atoms with van der Waals surface area (Å²) in [6.07, 6.45) is 0. The summed E-state index contributed by atoms with van der Waals surface area (Å²) in [6, 6.07) is 17.2. The van der Waals surface area contributed by atoms with Crippen LogP contribution in [0.5, 0.6) is 11.5 Å². The number of nitrogens with zero attached hydrogens (tertiary/aromatic N) is 5. The molecule has 10 heteroatoms. The van der Waals surface area contributed by atoms with Gasteiger partial charge in [-0.2, -0.15) is 4.68 Å². The fourth-order valence-corrected chi connectivity index (χ4v) is 5.26. The quantitative estimate of drug-likeness (QED) is 0.348. The minimum atomic E-state index is 0.635. The average Bonchev–Trinajstić information content (AvgIpc) is 3.23. The van der Waals surface area contributed by atoms with E-state index in [4.69, 9.17) is 4.74 Å². The normalized spacial score (nSPS) is 10.8. The summed E-state index contributed by atoms with van der Waals surface area (Å²) < 4.78 is 10.0. The SMILES string of the molecule is Brc1nc(Sc2nnnn2-c2ccc(Oc3ccccc3)cc2)sc1Br. The van der Waals surface area contributed by atoms with E-state index >= 15 is 0 Å². The van der Waals surface area contributed by atoms with Gasteiger partial charge in [0.2, 0.25) is 5.16 Å². The van der Waals surface area contributed by atoms with Gasteiger partial charge in [-0.15, -0.1) is 5.10 Å². The van der Waals surface area contributed by atoms with Gasteiger partial charge in [0.05, 0.1) is 5.69 Å². The van der Waals surface area contributed by atoms with Gasteiger partial charge in [0.1, 0.15) is 19.9 Å². The first-order valence-corrected chi connectivity index (χ1v) is 10.5. The molecule has 6 nitrogen and oxygen atoms in total. The van der Waals surface area contributed by atoms with Crippen LogP contribution >= 0.6 is 55.0 Å². The van der Waals surface area contributed by atoms with Gasteiger partial charge >= 0.3 is 0 Å². The standard InChI is InChI=1S/C16H9Br2N5OS2/c17-13-14(18)25-16(19-13)26-15-20-21-22-23(15)10-6-8-12(9-7-10)24-11-4-2-1-3-5-11/h1-9H. The highest BCUT2D eigenvalue weighted by Crippen LogP contribution is 2.37. The Hall–Kier alpha value is -1.75. The third-order valence-electron chi connectivity index (χ3n) is 3.21.